The lowest BCUT2D eigenvalue weighted by Crippen LogP contribution is -2.48. The Bertz CT molecular complexity index is 444. The molecule has 110 valence electrons. The van der Waals surface area contributed by atoms with Gasteiger partial charge in [0, 0.05) is 17.1 Å². The van der Waals surface area contributed by atoms with E-state index in [1.54, 1.807) is 0 Å². The van der Waals surface area contributed by atoms with Crippen LogP contribution in [0.4, 0.5) is 0 Å². The van der Waals surface area contributed by atoms with Crippen LogP contribution >= 0.6 is 15.9 Å². The van der Waals surface area contributed by atoms with E-state index in [1.165, 1.54) is 6.42 Å². The number of rotatable bonds is 4. The molecule has 0 aromatic heterocycles. The largest absolute Gasteiger partial charge is 0.484 e. The van der Waals surface area contributed by atoms with Crippen molar-refractivity contribution in [3.63, 3.8) is 0 Å². The van der Waals surface area contributed by atoms with E-state index in [4.69, 9.17) is 4.74 Å². The number of likely N-dealkylation sites (tertiary alicyclic amines) is 1. The van der Waals surface area contributed by atoms with Crippen molar-refractivity contribution in [2.45, 2.75) is 39.2 Å². The fraction of sp³-hybridized carbons (Fsp3) is 0.562. The summed E-state index contributed by atoms with van der Waals surface area (Å²) in [5.74, 6) is 1.35. The van der Waals surface area contributed by atoms with Gasteiger partial charge in [-0.25, -0.2) is 0 Å². The van der Waals surface area contributed by atoms with Gasteiger partial charge in [-0.05, 0) is 49.4 Å². The summed E-state index contributed by atoms with van der Waals surface area (Å²) < 4.78 is 6.60. The molecule has 0 radical (unpaired) electrons. The summed E-state index contributed by atoms with van der Waals surface area (Å²) >= 11 is 3.38. The van der Waals surface area contributed by atoms with Gasteiger partial charge in [0.05, 0.1) is 0 Å². The predicted molar refractivity (Wildman–Crippen MR) is 83.8 cm³/mol. The van der Waals surface area contributed by atoms with Gasteiger partial charge < -0.3 is 9.64 Å². The molecule has 0 aliphatic carbocycles. The summed E-state index contributed by atoms with van der Waals surface area (Å²) in [6.07, 6.45) is 3.44. The van der Waals surface area contributed by atoms with Crippen LogP contribution in [0, 0.1) is 5.92 Å². The summed E-state index contributed by atoms with van der Waals surface area (Å²) in [5, 5.41) is 0. The molecule has 1 aliphatic heterocycles. The van der Waals surface area contributed by atoms with E-state index in [1.807, 2.05) is 29.2 Å². The number of carbonyl (C=O) groups is 1. The van der Waals surface area contributed by atoms with Crippen molar-refractivity contribution in [1.29, 1.82) is 0 Å². The number of hydrogen-bond acceptors (Lipinski definition) is 2. The maximum absolute atomic E-state index is 12.3. The van der Waals surface area contributed by atoms with Crippen LogP contribution in [0.15, 0.2) is 28.7 Å². The molecule has 0 bridgehead atoms. The molecule has 2 rings (SSSR count). The highest BCUT2D eigenvalue weighted by Gasteiger charge is 2.28. The highest BCUT2D eigenvalue weighted by Crippen LogP contribution is 2.23. The number of benzene rings is 1. The molecule has 1 unspecified atom stereocenters. The molecule has 4 heteroatoms. The quantitative estimate of drug-likeness (QED) is 0.833. The van der Waals surface area contributed by atoms with Crippen molar-refractivity contribution in [3.05, 3.63) is 28.7 Å². The van der Waals surface area contributed by atoms with Gasteiger partial charge in [0.25, 0.3) is 5.91 Å². The van der Waals surface area contributed by atoms with Gasteiger partial charge in [-0.1, -0.05) is 29.8 Å². The Kier molecular flexibility index (Phi) is 5.46. The van der Waals surface area contributed by atoms with Crippen LogP contribution in [0.3, 0.4) is 0 Å². The minimum Gasteiger partial charge on any atom is -0.484 e. The Balaban J connectivity index is 1.91. The molecule has 1 saturated heterocycles. The Morgan fingerprint density at radius 3 is 2.70 bits per heavy atom. The SMILES string of the molecule is CC(C)C1CCCCN1C(=O)COc1ccc(Br)cc1. The van der Waals surface area contributed by atoms with Crippen molar-refractivity contribution < 1.29 is 9.53 Å². The molecule has 1 aromatic rings. The fourth-order valence-electron chi connectivity index (χ4n) is 2.72. The first-order valence-corrected chi connectivity index (χ1v) is 8.05. The van der Waals surface area contributed by atoms with Crippen LogP contribution in [0.25, 0.3) is 0 Å². The third-order valence-corrected chi connectivity index (χ3v) is 4.34. The predicted octanol–water partition coefficient (Wildman–Crippen LogP) is 3.87. The smallest absolute Gasteiger partial charge is 0.260 e. The average molecular weight is 340 g/mol. The van der Waals surface area contributed by atoms with E-state index in [0.29, 0.717) is 12.0 Å². The number of piperidine rings is 1. The van der Waals surface area contributed by atoms with E-state index in [-0.39, 0.29) is 12.5 Å². The van der Waals surface area contributed by atoms with Crippen LogP contribution in [-0.4, -0.2) is 30.0 Å². The number of ether oxygens (including phenoxy) is 1. The molecule has 0 N–H and O–H groups in total. The monoisotopic (exact) mass is 339 g/mol. The number of carbonyl (C=O) groups excluding carboxylic acids is 1. The zero-order valence-corrected chi connectivity index (χ0v) is 13.7. The molecule has 1 heterocycles. The highest BCUT2D eigenvalue weighted by atomic mass is 79.9. The minimum atomic E-state index is 0.103. The molecule has 20 heavy (non-hydrogen) atoms. The van der Waals surface area contributed by atoms with Crippen LogP contribution < -0.4 is 4.74 Å². The molecule has 0 spiro atoms. The van der Waals surface area contributed by atoms with Crippen molar-refractivity contribution >= 4 is 21.8 Å². The highest BCUT2D eigenvalue weighted by molar-refractivity contribution is 9.10. The molecule has 1 aliphatic rings. The van der Waals surface area contributed by atoms with E-state index in [9.17, 15) is 4.79 Å². The van der Waals surface area contributed by atoms with Gasteiger partial charge in [-0.15, -0.1) is 0 Å². The number of nitrogens with zero attached hydrogens (tertiary/aromatic N) is 1. The lowest BCUT2D eigenvalue weighted by atomic mass is 9.93. The second kappa shape index (κ2) is 7.11. The van der Waals surface area contributed by atoms with Crippen molar-refractivity contribution in [1.82, 2.24) is 4.90 Å². The normalized spacial score (nSPS) is 19.2. The van der Waals surface area contributed by atoms with Crippen molar-refractivity contribution in [3.8, 4) is 5.75 Å². The lowest BCUT2D eigenvalue weighted by Gasteiger charge is -2.38. The third-order valence-electron chi connectivity index (χ3n) is 3.82. The Morgan fingerprint density at radius 2 is 2.05 bits per heavy atom. The van der Waals surface area contributed by atoms with Gasteiger partial charge in [-0.2, -0.15) is 0 Å². The average Bonchev–Trinajstić information content (AvgIpc) is 2.46. The summed E-state index contributed by atoms with van der Waals surface area (Å²) in [5.41, 5.74) is 0. The maximum Gasteiger partial charge on any atom is 0.260 e. The summed E-state index contributed by atoms with van der Waals surface area (Å²) in [4.78, 5) is 14.4. The standard InChI is InChI=1S/C16H22BrNO2/c1-12(2)15-5-3-4-10-18(15)16(19)11-20-14-8-6-13(17)7-9-14/h6-9,12,15H,3-5,10-11H2,1-2H3. The van der Waals surface area contributed by atoms with Gasteiger partial charge >= 0.3 is 0 Å². The third kappa shape index (κ3) is 3.98. The molecule has 1 atom stereocenters. The molecule has 1 aromatic carbocycles. The lowest BCUT2D eigenvalue weighted by molar-refractivity contribution is -0.138. The molecule has 0 saturated carbocycles. The number of hydrogen-bond donors (Lipinski definition) is 0. The Hall–Kier alpha value is -1.03. The van der Waals surface area contributed by atoms with Crippen LogP contribution in [-0.2, 0) is 4.79 Å². The molecule has 1 amide bonds. The van der Waals surface area contributed by atoms with Gasteiger partial charge in [0.15, 0.2) is 6.61 Å². The maximum atomic E-state index is 12.3. The molecule has 3 nitrogen and oxygen atoms in total. The van der Waals surface area contributed by atoms with Crippen LogP contribution in [0.1, 0.15) is 33.1 Å². The van der Waals surface area contributed by atoms with E-state index in [0.717, 1.165) is 29.6 Å². The van der Waals surface area contributed by atoms with Crippen molar-refractivity contribution in [2.24, 2.45) is 5.92 Å². The van der Waals surface area contributed by atoms with Crippen LogP contribution in [0.5, 0.6) is 5.75 Å². The zero-order valence-electron chi connectivity index (χ0n) is 12.1. The number of amides is 1. The van der Waals surface area contributed by atoms with E-state index >= 15 is 0 Å². The topological polar surface area (TPSA) is 29.5 Å². The number of halogens is 1. The molecule has 1 fully saturated rings. The van der Waals surface area contributed by atoms with Gasteiger partial charge in [0.1, 0.15) is 5.75 Å². The van der Waals surface area contributed by atoms with Crippen molar-refractivity contribution in [2.75, 3.05) is 13.2 Å². The second-order valence-corrected chi connectivity index (χ2v) is 6.55. The first-order chi connectivity index (χ1) is 9.58. The minimum absolute atomic E-state index is 0.103. The second-order valence-electron chi connectivity index (χ2n) is 5.64. The summed E-state index contributed by atoms with van der Waals surface area (Å²) in [6, 6.07) is 7.93. The fourth-order valence-corrected chi connectivity index (χ4v) is 2.98. The van der Waals surface area contributed by atoms with E-state index < -0.39 is 0 Å². The first-order valence-electron chi connectivity index (χ1n) is 7.26. The molecular weight excluding hydrogens is 318 g/mol. The van der Waals surface area contributed by atoms with Gasteiger partial charge in [-0.3, -0.25) is 4.79 Å². The van der Waals surface area contributed by atoms with Gasteiger partial charge in [0.2, 0.25) is 0 Å². The molecular formula is C16H22BrNO2. The van der Waals surface area contributed by atoms with Crippen LogP contribution in [0.2, 0.25) is 0 Å². The Morgan fingerprint density at radius 1 is 1.35 bits per heavy atom. The van der Waals surface area contributed by atoms with E-state index in [2.05, 4.69) is 29.8 Å². The summed E-state index contributed by atoms with van der Waals surface area (Å²) in [6.45, 7) is 5.37. The first kappa shape index (κ1) is 15.4. The summed E-state index contributed by atoms with van der Waals surface area (Å²) in [7, 11) is 0. The zero-order chi connectivity index (χ0) is 14.5. The Labute approximate surface area is 129 Å².